The van der Waals surface area contributed by atoms with Gasteiger partial charge in [0.15, 0.2) is 0 Å². The van der Waals surface area contributed by atoms with Crippen molar-refractivity contribution in [3.63, 3.8) is 0 Å². The molecule has 0 fully saturated rings. The lowest BCUT2D eigenvalue weighted by Gasteiger charge is -2.22. The van der Waals surface area contributed by atoms with Crippen LogP contribution in [0.1, 0.15) is 0 Å². The Labute approximate surface area is 108 Å². The summed E-state index contributed by atoms with van der Waals surface area (Å²) in [5, 5.41) is 0. The molecule has 0 aliphatic rings. The smallest absolute Gasteiger partial charge is 0.277 e. The van der Waals surface area contributed by atoms with Gasteiger partial charge >= 0.3 is 32.1 Å². The van der Waals surface area contributed by atoms with Gasteiger partial charge in [-0.2, -0.15) is 43.9 Å². The lowest BCUT2D eigenvalue weighted by atomic mass is 10.3. The molecule has 0 spiro atoms. The van der Waals surface area contributed by atoms with Crippen LogP contribution in [0.25, 0.3) is 0 Å². The Balaban J connectivity index is 4.65. The molecule has 128 valence electrons. The van der Waals surface area contributed by atoms with E-state index in [1.165, 1.54) is 0 Å². The van der Waals surface area contributed by atoms with Crippen LogP contribution in [-0.2, 0) is 13.6 Å². The molecule has 0 N–H and O–H groups in total. The van der Waals surface area contributed by atoms with Gasteiger partial charge in [0, 0.05) is 0 Å². The van der Waals surface area contributed by atoms with Crippen molar-refractivity contribution in [2.24, 2.45) is 0 Å². The molecule has 0 saturated heterocycles. The Bertz CT molecular complexity index is 366. The number of alkyl halides is 10. The third-order valence-corrected chi connectivity index (χ3v) is 2.50. The molecule has 0 aliphatic heterocycles. The van der Waals surface area contributed by atoms with Crippen LogP contribution in [0.2, 0.25) is 0 Å². The fourth-order valence-electron chi connectivity index (χ4n) is 0.517. The molecule has 0 unspecified atom stereocenters. The van der Waals surface area contributed by atoms with Gasteiger partial charge < -0.3 is 0 Å². The van der Waals surface area contributed by atoms with Crippen LogP contribution in [0.5, 0.6) is 0 Å². The van der Waals surface area contributed by atoms with Crippen LogP contribution in [0, 0.1) is 0 Å². The first kappa shape index (κ1) is 20.4. The standard InChI is InChI=1S/C6H4F11O3P/c7-3(8,5(11,12)13)1-19-21(17,18)20-2-4(9,10)6(14,15)16/h1-2H2. The first-order valence-electron chi connectivity index (χ1n) is 4.39. The van der Waals surface area contributed by atoms with Crippen molar-refractivity contribution in [2.45, 2.75) is 24.2 Å². The van der Waals surface area contributed by atoms with E-state index < -0.39 is 45.3 Å². The lowest BCUT2D eigenvalue weighted by molar-refractivity contribution is -0.294. The van der Waals surface area contributed by atoms with Crippen molar-refractivity contribution < 1.29 is 61.7 Å². The molecule has 3 nitrogen and oxygen atoms in total. The molecule has 0 radical (unpaired) electrons. The highest BCUT2D eigenvalue weighted by molar-refractivity contribution is 7.48. The second kappa shape index (κ2) is 5.88. The van der Waals surface area contributed by atoms with Gasteiger partial charge in [-0.15, -0.1) is 4.20 Å². The minimum Gasteiger partial charge on any atom is -0.277 e. The van der Waals surface area contributed by atoms with Gasteiger partial charge in [0.05, 0.1) is 0 Å². The zero-order valence-electron chi connectivity index (χ0n) is 9.24. The fourth-order valence-corrected chi connectivity index (χ4v) is 1.22. The summed E-state index contributed by atoms with van der Waals surface area (Å²) in [7, 11) is -6.48. The van der Waals surface area contributed by atoms with E-state index in [1.807, 2.05) is 0 Å². The lowest BCUT2D eigenvalue weighted by Crippen LogP contribution is -2.41. The van der Waals surface area contributed by atoms with E-state index in [9.17, 15) is 52.7 Å². The van der Waals surface area contributed by atoms with Gasteiger partial charge in [0.2, 0.25) is 0 Å². The molecule has 0 rings (SSSR count). The van der Waals surface area contributed by atoms with E-state index >= 15 is 0 Å². The van der Waals surface area contributed by atoms with Crippen molar-refractivity contribution in [3.8, 4) is 0 Å². The molecule has 0 aromatic heterocycles. The van der Waals surface area contributed by atoms with Crippen molar-refractivity contribution in [3.05, 3.63) is 0 Å². The van der Waals surface area contributed by atoms with Crippen molar-refractivity contribution in [2.75, 3.05) is 13.2 Å². The van der Waals surface area contributed by atoms with Gasteiger partial charge in [-0.1, -0.05) is 0 Å². The normalized spacial score (nSPS) is 15.4. The van der Waals surface area contributed by atoms with Crippen LogP contribution in [0.3, 0.4) is 0 Å². The molecular formula is C6H4F11O3P. The molecule has 0 heterocycles. The van der Waals surface area contributed by atoms with E-state index in [1.54, 1.807) is 0 Å². The summed E-state index contributed by atoms with van der Waals surface area (Å²) in [6.45, 7) is -5.86. The molecule has 0 bridgehead atoms. The summed E-state index contributed by atoms with van der Waals surface area (Å²) in [6, 6.07) is 0. The zero-order chi connectivity index (χ0) is 17.3. The summed E-state index contributed by atoms with van der Waals surface area (Å²) in [5.74, 6) is -11.4. The largest absolute Gasteiger partial charge is 0.513 e. The third-order valence-electron chi connectivity index (χ3n) is 1.63. The molecule has 0 aromatic carbocycles. The fraction of sp³-hybridized carbons (Fsp3) is 1.00. The van der Waals surface area contributed by atoms with Crippen LogP contribution >= 0.6 is 7.91 Å². The SMILES string of the molecule is O=P(F)(OCC(F)(F)C(F)(F)F)OCC(F)(F)C(F)(F)F. The average molecular weight is 364 g/mol. The number of hydrogen-bond acceptors (Lipinski definition) is 3. The van der Waals surface area contributed by atoms with Gasteiger partial charge in [0.25, 0.3) is 0 Å². The maximum atomic E-state index is 12.6. The average Bonchev–Trinajstić information content (AvgIpc) is 2.21. The summed E-state index contributed by atoms with van der Waals surface area (Å²) in [4.78, 5) is 0. The zero-order valence-corrected chi connectivity index (χ0v) is 10.1. The van der Waals surface area contributed by atoms with E-state index in [4.69, 9.17) is 0 Å². The van der Waals surface area contributed by atoms with Gasteiger partial charge in [-0.3, -0.25) is 9.05 Å². The Kier molecular flexibility index (Phi) is 5.70. The Hall–Kier alpha value is -0.620. The summed E-state index contributed by atoms with van der Waals surface area (Å²) < 4.78 is 147. The van der Waals surface area contributed by atoms with Crippen LogP contribution in [-0.4, -0.2) is 37.4 Å². The quantitative estimate of drug-likeness (QED) is 0.515. The molecule has 21 heavy (non-hydrogen) atoms. The first-order valence-corrected chi connectivity index (χ1v) is 5.82. The topological polar surface area (TPSA) is 35.5 Å². The predicted molar refractivity (Wildman–Crippen MR) is 42.6 cm³/mol. The second-order valence-electron chi connectivity index (χ2n) is 3.38. The Morgan fingerprint density at radius 2 is 0.905 bits per heavy atom. The highest BCUT2D eigenvalue weighted by Crippen LogP contribution is 2.53. The Morgan fingerprint density at radius 1 is 0.667 bits per heavy atom. The van der Waals surface area contributed by atoms with E-state index in [-0.39, 0.29) is 0 Å². The number of halogens is 11. The highest BCUT2D eigenvalue weighted by Gasteiger charge is 2.60. The summed E-state index contributed by atoms with van der Waals surface area (Å²) in [5.41, 5.74) is 0. The monoisotopic (exact) mass is 364 g/mol. The van der Waals surface area contributed by atoms with Gasteiger partial charge in [-0.25, -0.2) is 4.57 Å². The van der Waals surface area contributed by atoms with Crippen LogP contribution in [0.15, 0.2) is 0 Å². The maximum Gasteiger partial charge on any atom is 0.513 e. The minimum atomic E-state index is -6.48. The molecule has 0 saturated carbocycles. The molecule has 0 aliphatic carbocycles. The second-order valence-corrected chi connectivity index (χ2v) is 4.76. The van der Waals surface area contributed by atoms with E-state index in [2.05, 4.69) is 9.05 Å². The molecular weight excluding hydrogens is 360 g/mol. The first-order chi connectivity index (χ1) is 8.91. The minimum absolute atomic E-state index is 2.82. The molecule has 15 heteroatoms. The highest BCUT2D eigenvalue weighted by atomic mass is 31.2. The summed E-state index contributed by atoms with van der Waals surface area (Å²) in [6.07, 6.45) is -12.5. The van der Waals surface area contributed by atoms with E-state index in [0.717, 1.165) is 0 Å². The molecule has 0 atom stereocenters. The maximum absolute atomic E-state index is 12.6. The number of rotatable bonds is 6. The molecule has 0 aromatic rings. The van der Waals surface area contributed by atoms with Crippen molar-refractivity contribution in [1.82, 2.24) is 0 Å². The van der Waals surface area contributed by atoms with Crippen LogP contribution in [0.4, 0.5) is 48.1 Å². The van der Waals surface area contributed by atoms with Crippen molar-refractivity contribution in [1.29, 1.82) is 0 Å². The van der Waals surface area contributed by atoms with Crippen molar-refractivity contribution >= 4 is 7.91 Å². The molecule has 0 amide bonds. The number of hydrogen-bond donors (Lipinski definition) is 0. The van der Waals surface area contributed by atoms with Gasteiger partial charge in [-0.05, 0) is 0 Å². The van der Waals surface area contributed by atoms with Gasteiger partial charge in [0.1, 0.15) is 13.2 Å². The predicted octanol–water partition coefficient (Wildman–Crippen LogP) is 4.49. The summed E-state index contributed by atoms with van der Waals surface area (Å²) >= 11 is 0. The Morgan fingerprint density at radius 3 is 1.10 bits per heavy atom. The third kappa shape index (κ3) is 5.94. The van der Waals surface area contributed by atoms with Crippen LogP contribution < -0.4 is 0 Å². The van der Waals surface area contributed by atoms with E-state index in [0.29, 0.717) is 0 Å².